The quantitative estimate of drug-likeness (QED) is 0.398. The smallest absolute Gasteiger partial charge is 0.407 e. The van der Waals surface area contributed by atoms with Gasteiger partial charge in [-0.05, 0) is 20.8 Å². The third kappa shape index (κ3) is 10.9. The van der Waals surface area contributed by atoms with Crippen LogP contribution in [0.25, 0.3) is 0 Å². The van der Waals surface area contributed by atoms with E-state index in [1.807, 2.05) is 20.8 Å². The van der Waals surface area contributed by atoms with Crippen molar-refractivity contribution in [1.29, 1.82) is 0 Å². The summed E-state index contributed by atoms with van der Waals surface area (Å²) in [5, 5.41) is 2.59. The summed E-state index contributed by atoms with van der Waals surface area (Å²) >= 11 is 0. The largest absolute Gasteiger partial charge is 0.444 e. The second-order valence-electron chi connectivity index (χ2n) is 3.92. The van der Waals surface area contributed by atoms with Gasteiger partial charge >= 0.3 is 6.09 Å². The Labute approximate surface area is 90.8 Å². The molecule has 0 atom stereocenters. The van der Waals surface area contributed by atoms with Gasteiger partial charge in [-0.3, -0.25) is 4.84 Å². The second kappa shape index (κ2) is 7.25. The van der Waals surface area contributed by atoms with Crippen molar-refractivity contribution in [2.24, 2.45) is 0 Å². The van der Waals surface area contributed by atoms with E-state index in [-0.39, 0.29) is 0 Å². The number of hydrogen-bond acceptors (Lipinski definition) is 4. The zero-order chi connectivity index (χ0) is 11.7. The highest BCUT2D eigenvalue weighted by molar-refractivity contribution is 5.67. The van der Waals surface area contributed by atoms with Crippen LogP contribution in [0.15, 0.2) is 12.7 Å². The Hall–Kier alpha value is -1.07. The molecule has 0 aliphatic rings. The summed E-state index contributed by atoms with van der Waals surface area (Å²) in [5.74, 6) is 0. The van der Waals surface area contributed by atoms with Crippen LogP contribution in [0.2, 0.25) is 0 Å². The molecule has 0 saturated carbocycles. The highest BCUT2D eigenvalue weighted by Gasteiger charge is 2.15. The van der Waals surface area contributed by atoms with Crippen molar-refractivity contribution >= 4 is 6.09 Å². The molecule has 0 aromatic rings. The van der Waals surface area contributed by atoms with Crippen LogP contribution in [0, 0.1) is 0 Å². The summed E-state index contributed by atoms with van der Waals surface area (Å²) in [7, 11) is 0. The Morgan fingerprint density at radius 3 is 2.60 bits per heavy atom. The van der Waals surface area contributed by atoms with Crippen LogP contribution in [-0.4, -0.2) is 31.4 Å². The molecule has 0 bridgehead atoms. The molecule has 0 aliphatic heterocycles. The molecule has 0 aromatic heterocycles. The molecule has 15 heavy (non-hydrogen) atoms. The van der Waals surface area contributed by atoms with Gasteiger partial charge in [0.15, 0.2) is 0 Å². The molecule has 5 nitrogen and oxygen atoms in total. The minimum Gasteiger partial charge on any atom is -0.444 e. The van der Waals surface area contributed by atoms with E-state index >= 15 is 0 Å². The molecule has 1 amide bonds. The van der Waals surface area contributed by atoms with Crippen LogP contribution in [-0.2, 0) is 9.57 Å². The molecule has 0 aliphatic carbocycles. The first-order valence-electron chi connectivity index (χ1n) is 4.88. The van der Waals surface area contributed by atoms with Gasteiger partial charge in [0.25, 0.3) is 0 Å². The van der Waals surface area contributed by atoms with Gasteiger partial charge in [-0.25, -0.2) is 10.3 Å². The van der Waals surface area contributed by atoms with Crippen LogP contribution in [0.5, 0.6) is 0 Å². The maximum Gasteiger partial charge on any atom is 0.407 e. The Kier molecular flexibility index (Phi) is 6.73. The maximum atomic E-state index is 11.1. The number of hydroxylamine groups is 1. The molecular formula is C10H20N2O3. The lowest BCUT2D eigenvalue weighted by Crippen LogP contribution is -2.36. The number of hydrogen-bond donors (Lipinski definition) is 2. The zero-order valence-corrected chi connectivity index (χ0v) is 9.63. The van der Waals surface area contributed by atoms with Gasteiger partial charge in [0, 0.05) is 13.1 Å². The first-order valence-corrected chi connectivity index (χ1v) is 4.88. The molecule has 0 unspecified atom stereocenters. The first kappa shape index (κ1) is 13.9. The average molecular weight is 216 g/mol. The van der Waals surface area contributed by atoms with Gasteiger partial charge in [-0.15, -0.1) is 6.58 Å². The third-order valence-corrected chi connectivity index (χ3v) is 1.20. The Balaban J connectivity index is 3.36. The predicted octanol–water partition coefficient (Wildman–Crippen LogP) is 1.22. The molecule has 0 fully saturated rings. The number of carbonyl (C=O) groups excluding carboxylic acids is 1. The Bertz CT molecular complexity index is 199. The van der Waals surface area contributed by atoms with Crippen molar-refractivity contribution in [1.82, 2.24) is 10.8 Å². The fourth-order valence-electron chi connectivity index (χ4n) is 0.720. The number of carbonyl (C=O) groups is 1. The SMILES string of the molecule is C=CCONCCNC(=O)OC(C)(C)C. The van der Waals surface area contributed by atoms with Crippen molar-refractivity contribution in [3.63, 3.8) is 0 Å². The van der Waals surface area contributed by atoms with Gasteiger partial charge in [-0.2, -0.15) is 0 Å². The molecule has 0 radical (unpaired) electrons. The lowest BCUT2D eigenvalue weighted by Gasteiger charge is -2.19. The van der Waals surface area contributed by atoms with Gasteiger partial charge in [-0.1, -0.05) is 6.08 Å². The molecular weight excluding hydrogens is 196 g/mol. The van der Waals surface area contributed by atoms with Crippen LogP contribution in [0.4, 0.5) is 4.79 Å². The van der Waals surface area contributed by atoms with Crippen LogP contribution in [0.1, 0.15) is 20.8 Å². The van der Waals surface area contributed by atoms with Gasteiger partial charge < -0.3 is 10.1 Å². The molecule has 88 valence electrons. The van der Waals surface area contributed by atoms with E-state index in [0.29, 0.717) is 19.7 Å². The van der Waals surface area contributed by atoms with E-state index < -0.39 is 11.7 Å². The van der Waals surface area contributed by atoms with E-state index in [2.05, 4.69) is 17.4 Å². The standard InChI is InChI=1S/C10H20N2O3/c1-5-8-14-12-7-6-11-9(13)15-10(2,3)4/h5,12H,1,6-8H2,2-4H3,(H,11,13). The van der Waals surface area contributed by atoms with Crippen LogP contribution >= 0.6 is 0 Å². The minimum atomic E-state index is -0.461. The van der Waals surface area contributed by atoms with E-state index in [4.69, 9.17) is 9.57 Å². The van der Waals surface area contributed by atoms with Crippen molar-refractivity contribution in [2.75, 3.05) is 19.7 Å². The van der Waals surface area contributed by atoms with E-state index in [9.17, 15) is 4.79 Å². The molecule has 0 spiro atoms. The van der Waals surface area contributed by atoms with Crippen LogP contribution in [0.3, 0.4) is 0 Å². The molecule has 0 saturated heterocycles. The normalized spacial score (nSPS) is 10.9. The molecule has 2 N–H and O–H groups in total. The van der Waals surface area contributed by atoms with E-state index in [1.54, 1.807) is 6.08 Å². The second-order valence-corrected chi connectivity index (χ2v) is 3.92. The summed E-state index contributed by atoms with van der Waals surface area (Å²) in [5.41, 5.74) is 2.20. The van der Waals surface area contributed by atoms with Crippen LogP contribution < -0.4 is 10.8 Å². The number of rotatable bonds is 6. The minimum absolute atomic E-state index is 0.423. The lowest BCUT2D eigenvalue weighted by atomic mass is 10.2. The lowest BCUT2D eigenvalue weighted by molar-refractivity contribution is 0.0476. The van der Waals surface area contributed by atoms with Gasteiger partial charge in [0.2, 0.25) is 0 Å². The average Bonchev–Trinajstić information content (AvgIpc) is 2.08. The van der Waals surface area contributed by atoms with E-state index in [1.165, 1.54) is 0 Å². The molecule has 0 rings (SSSR count). The fraction of sp³-hybridized carbons (Fsp3) is 0.700. The fourth-order valence-corrected chi connectivity index (χ4v) is 0.720. The highest BCUT2D eigenvalue weighted by atomic mass is 16.6. The summed E-state index contributed by atoms with van der Waals surface area (Å²) < 4.78 is 5.03. The monoisotopic (exact) mass is 216 g/mol. The predicted molar refractivity (Wildman–Crippen MR) is 58.4 cm³/mol. The summed E-state index contributed by atoms with van der Waals surface area (Å²) in [6.45, 7) is 10.4. The first-order chi connectivity index (χ1) is 6.95. The number of alkyl carbamates (subject to hydrolysis) is 1. The summed E-state index contributed by atoms with van der Waals surface area (Å²) in [6.07, 6.45) is 1.21. The van der Waals surface area contributed by atoms with E-state index in [0.717, 1.165) is 0 Å². The zero-order valence-electron chi connectivity index (χ0n) is 9.63. The highest BCUT2D eigenvalue weighted by Crippen LogP contribution is 2.05. The van der Waals surface area contributed by atoms with Crippen molar-refractivity contribution in [3.8, 4) is 0 Å². The van der Waals surface area contributed by atoms with Crippen molar-refractivity contribution < 1.29 is 14.4 Å². The summed E-state index contributed by atoms with van der Waals surface area (Å²) in [4.78, 5) is 16.0. The third-order valence-electron chi connectivity index (χ3n) is 1.20. The van der Waals surface area contributed by atoms with Crippen molar-refractivity contribution in [3.05, 3.63) is 12.7 Å². The molecule has 5 heteroatoms. The number of ether oxygens (including phenoxy) is 1. The van der Waals surface area contributed by atoms with Crippen molar-refractivity contribution in [2.45, 2.75) is 26.4 Å². The van der Waals surface area contributed by atoms with Gasteiger partial charge in [0.05, 0.1) is 6.61 Å². The molecule has 0 aromatic carbocycles. The number of amides is 1. The Morgan fingerprint density at radius 2 is 2.07 bits per heavy atom. The summed E-state index contributed by atoms with van der Waals surface area (Å²) in [6, 6.07) is 0. The maximum absolute atomic E-state index is 11.1. The topological polar surface area (TPSA) is 59.6 Å². The van der Waals surface area contributed by atoms with Gasteiger partial charge in [0.1, 0.15) is 5.60 Å². The molecule has 0 heterocycles. The number of nitrogens with one attached hydrogen (secondary N) is 2. The Morgan fingerprint density at radius 1 is 1.40 bits per heavy atom.